The van der Waals surface area contributed by atoms with E-state index in [1.54, 1.807) is 6.92 Å². The zero-order valence-electron chi connectivity index (χ0n) is 9.21. The molecule has 5 heteroatoms. The van der Waals surface area contributed by atoms with Crippen molar-refractivity contribution < 1.29 is 24.5 Å². The number of aliphatic hydroxyl groups excluding tert-OH is 2. The van der Waals surface area contributed by atoms with Crippen molar-refractivity contribution in [2.24, 2.45) is 0 Å². The Morgan fingerprint density at radius 2 is 2.18 bits per heavy atom. The number of carbonyl (C=O) groups excluding carboxylic acids is 1. The van der Waals surface area contributed by atoms with Crippen molar-refractivity contribution in [2.75, 3.05) is 0 Å². The molecule has 4 atom stereocenters. The monoisotopic (exact) mass is 236 g/mol. The van der Waals surface area contributed by atoms with Crippen LogP contribution in [0.1, 0.15) is 6.92 Å². The Morgan fingerprint density at radius 1 is 1.47 bits per heavy atom. The van der Waals surface area contributed by atoms with Crippen molar-refractivity contribution in [3.05, 3.63) is 23.8 Å². The van der Waals surface area contributed by atoms with Gasteiger partial charge in [-0.2, -0.15) is 0 Å². The zero-order chi connectivity index (χ0) is 12.6. The van der Waals surface area contributed by atoms with E-state index in [4.69, 9.17) is 9.47 Å². The second-order valence-electron chi connectivity index (χ2n) is 4.00. The lowest BCUT2D eigenvalue weighted by atomic mass is 9.90. The van der Waals surface area contributed by atoms with Gasteiger partial charge in [-0.3, -0.25) is 0 Å². The molecule has 5 nitrogen and oxygen atoms in total. The lowest BCUT2D eigenvalue weighted by Gasteiger charge is -2.28. The zero-order valence-corrected chi connectivity index (χ0v) is 9.21. The van der Waals surface area contributed by atoms with Crippen molar-refractivity contribution in [2.45, 2.75) is 31.3 Å². The molecule has 1 heterocycles. The molecule has 0 spiro atoms. The number of hydrogen-bond donors (Lipinski definition) is 2. The Labute approximate surface area is 98.3 Å². The van der Waals surface area contributed by atoms with E-state index < -0.39 is 30.6 Å². The highest BCUT2D eigenvalue weighted by Gasteiger charge is 2.47. The van der Waals surface area contributed by atoms with Crippen LogP contribution >= 0.6 is 0 Å². The summed E-state index contributed by atoms with van der Waals surface area (Å²) < 4.78 is 9.56. The fourth-order valence-corrected chi connectivity index (χ4v) is 1.71. The number of aliphatic hydroxyl groups is 2. The fourth-order valence-electron chi connectivity index (χ4n) is 1.71. The third kappa shape index (κ3) is 2.18. The average Bonchev–Trinajstić information content (AvgIpc) is 2.62. The van der Waals surface area contributed by atoms with Gasteiger partial charge in [0.05, 0.1) is 0 Å². The summed E-state index contributed by atoms with van der Waals surface area (Å²) in [6.45, 7) is 5.33. The van der Waals surface area contributed by atoms with E-state index in [0.717, 1.165) is 0 Å². The van der Waals surface area contributed by atoms with Crippen LogP contribution in [-0.4, -0.2) is 40.8 Å². The van der Waals surface area contributed by atoms with Crippen LogP contribution in [0.3, 0.4) is 0 Å². The standard InChI is InChI=1S/C12H12O5/c1-6(2)3-4-7-5-8-11(10(14)9(7)13)17-12(15)16-8/h5,8-11,13-14H,1H2,2H3. The minimum Gasteiger partial charge on any atom is -0.424 e. The predicted molar refractivity (Wildman–Crippen MR) is 57.8 cm³/mol. The van der Waals surface area contributed by atoms with Crippen molar-refractivity contribution >= 4 is 6.16 Å². The minimum atomic E-state index is -1.23. The maximum absolute atomic E-state index is 10.9. The Morgan fingerprint density at radius 3 is 2.82 bits per heavy atom. The Bertz CT molecular complexity index is 453. The molecule has 1 aliphatic carbocycles. The molecule has 1 saturated heterocycles. The van der Waals surface area contributed by atoms with Gasteiger partial charge in [-0.05, 0) is 18.6 Å². The third-order valence-electron chi connectivity index (χ3n) is 2.53. The molecule has 1 fully saturated rings. The lowest BCUT2D eigenvalue weighted by molar-refractivity contribution is -0.0473. The molecule has 0 saturated carbocycles. The molecule has 0 radical (unpaired) electrons. The number of rotatable bonds is 0. The van der Waals surface area contributed by atoms with Gasteiger partial charge in [-0.1, -0.05) is 18.4 Å². The average molecular weight is 236 g/mol. The molecule has 0 aromatic rings. The van der Waals surface area contributed by atoms with Crippen LogP contribution in [0.25, 0.3) is 0 Å². The van der Waals surface area contributed by atoms with Gasteiger partial charge in [0.25, 0.3) is 0 Å². The molecule has 0 aromatic heterocycles. The van der Waals surface area contributed by atoms with Crippen molar-refractivity contribution in [3.63, 3.8) is 0 Å². The van der Waals surface area contributed by atoms with Gasteiger partial charge in [0, 0.05) is 5.57 Å². The molecule has 1 aliphatic heterocycles. The Hall–Kier alpha value is -1.77. The molecule has 2 rings (SSSR count). The van der Waals surface area contributed by atoms with Gasteiger partial charge >= 0.3 is 6.16 Å². The SMILES string of the molecule is C=C(C)C#CC1=CC2OC(=O)OC2C(O)C1O. The van der Waals surface area contributed by atoms with Crippen LogP contribution in [0.5, 0.6) is 0 Å². The molecule has 0 amide bonds. The van der Waals surface area contributed by atoms with Gasteiger partial charge in [0.2, 0.25) is 0 Å². The largest absolute Gasteiger partial charge is 0.509 e. The molecule has 17 heavy (non-hydrogen) atoms. The Kier molecular flexibility index (Phi) is 2.92. The van der Waals surface area contributed by atoms with Gasteiger partial charge in [0.1, 0.15) is 12.2 Å². The first-order valence-corrected chi connectivity index (χ1v) is 5.11. The van der Waals surface area contributed by atoms with Crippen LogP contribution in [-0.2, 0) is 9.47 Å². The van der Waals surface area contributed by atoms with E-state index in [1.165, 1.54) is 6.08 Å². The highest BCUT2D eigenvalue weighted by Crippen LogP contribution is 2.29. The van der Waals surface area contributed by atoms with Crippen LogP contribution in [0.2, 0.25) is 0 Å². The van der Waals surface area contributed by atoms with E-state index in [0.29, 0.717) is 11.1 Å². The summed E-state index contributed by atoms with van der Waals surface area (Å²) in [6.07, 6.45) is -3.34. The molecule has 0 aromatic carbocycles. The van der Waals surface area contributed by atoms with Gasteiger partial charge in [0.15, 0.2) is 12.2 Å². The molecule has 2 aliphatic rings. The lowest BCUT2D eigenvalue weighted by Crippen LogP contribution is -2.46. The molecular weight excluding hydrogens is 224 g/mol. The topological polar surface area (TPSA) is 76.0 Å². The smallest absolute Gasteiger partial charge is 0.424 e. The van der Waals surface area contributed by atoms with E-state index >= 15 is 0 Å². The number of fused-ring (bicyclic) bond motifs is 1. The number of allylic oxidation sites excluding steroid dienone is 1. The summed E-state index contributed by atoms with van der Waals surface area (Å²) in [5, 5.41) is 19.5. The predicted octanol–water partition coefficient (Wildman–Crippen LogP) is 0.132. The van der Waals surface area contributed by atoms with Crippen LogP contribution < -0.4 is 0 Å². The van der Waals surface area contributed by atoms with Crippen molar-refractivity contribution in [1.82, 2.24) is 0 Å². The summed E-state index contributed by atoms with van der Waals surface area (Å²) in [6, 6.07) is 0. The molecule has 90 valence electrons. The van der Waals surface area contributed by atoms with E-state index in [2.05, 4.69) is 18.4 Å². The maximum Gasteiger partial charge on any atom is 0.509 e. The van der Waals surface area contributed by atoms with Crippen LogP contribution in [0, 0.1) is 11.8 Å². The van der Waals surface area contributed by atoms with E-state index in [-0.39, 0.29) is 0 Å². The summed E-state index contributed by atoms with van der Waals surface area (Å²) in [7, 11) is 0. The number of hydrogen-bond acceptors (Lipinski definition) is 5. The van der Waals surface area contributed by atoms with Gasteiger partial charge < -0.3 is 19.7 Å². The molecule has 0 bridgehead atoms. The second-order valence-corrected chi connectivity index (χ2v) is 4.00. The first-order valence-electron chi connectivity index (χ1n) is 5.11. The Balaban J connectivity index is 2.28. The number of ether oxygens (including phenoxy) is 2. The van der Waals surface area contributed by atoms with Gasteiger partial charge in [-0.15, -0.1) is 0 Å². The summed E-state index contributed by atoms with van der Waals surface area (Å²) in [5.74, 6) is 5.38. The minimum absolute atomic E-state index is 0.306. The first kappa shape index (κ1) is 11.7. The van der Waals surface area contributed by atoms with Crippen LogP contribution in [0.15, 0.2) is 23.8 Å². The second kappa shape index (κ2) is 4.24. The van der Waals surface area contributed by atoms with E-state index in [1.807, 2.05) is 0 Å². The van der Waals surface area contributed by atoms with E-state index in [9.17, 15) is 15.0 Å². The quantitative estimate of drug-likeness (QED) is 0.462. The molecule has 4 unspecified atom stereocenters. The highest BCUT2D eigenvalue weighted by atomic mass is 16.8. The summed E-state index contributed by atoms with van der Waals surface area (Å²) in [5.41, 5.74) is 0.939. The summed E-state index contributed by atoms with van der Waals surface area (Å²) in [4.78, 5) is 10.9. The number of carbonyl (C=O) groups is 1. The third-order valence-corrected chi connectivity index (χ3v) is 2.53. The first-order chi connectivity index (χ1) is 7.99. The maximum atomic E-state index is 10.9. The normalized spacial score (nSPS) is 34.8. The van der Waals surface area contributed by atoms with Crippen molar-refractivity contribution in [3.8, 4) is 11.8 Å². The summed E-state index contributed by atoms with van der Waals surface area (Å²) >= 11 is 0. The fraction of sp³-hybridized carbons (Fsp3) is 0.417. The molecule has 2 N–H and O–H groups in total. The van der Waals surface area contributed by atoms with Gasteiger partial charge in [-0.25, -0.2) is 4.79 Å². The molecular formula is C12H12O5. The van der Waals surface area contributed by atoms with Crippen LogP contribution in [0.4, 0.5) is 4.79 Å². The van der Waals surface area contributed by atoms with Crippen molar-refractivity contribution in [1.29, 1.82) is 0 Å². The highest BCUT2D eigenvalue weighted by molar-refractivity contribution is 5.64.